The van der Waals surface area contributed by atoms with E-state index in [0.29, 0.717) is 22.2 Å². The third-order valence-corrected chi connectivity index (χ3v) is 3.65. The van der Waals surface area contributed by atoms with Crippen molar-refractivity contribution in [2.45, 2.75) is 6.92 Å². The Balaban J connectivity index is 2.06. The van der Waals surface area contributed by atoms with E-state index in [2.05, 4.69) is 15.8 Å². The molecule has 2 aromatic carbocycles. The Labute approximate surface area is 168 Å². The zero-order valence-corrected chi connectivity index (χ0v) is 16.8. The van der Waals surface area contributed by atoms with Gasteiger partial charge in [-0.05, 0) is 48.6 Å². The van der Waals surface area contributed by atoms with Crippen molar-refractivity contribution in [3.8, 4) is 23.0 Å². The number of carbonyl (C=O) groups is 1. The average Bonchev–Trinajstić information content (AvgIpc) is 2.68. The fourth-order valence-corrected chi connectivity index (χ4v) is 2.39. The van der Waals surface area contributed by atoms with Gasteiger partial charge >= 0.3 is 5.97 Å². The van der Waals surface area contributed by atoms with Crippen LogP contribution in [0, 0.1) is 0 Å². The molecule has 28 heavy (non-hydrogen) atoms. The Kier molecular flexibility index (Phi) is 7.58. The molecule has 0 fully saturated rings. The van der Waals surface area contributed by atoms with Gasteiger partial charge in [-0.25, -0.2) is 0 Å². The first-order valence-electron chi connectivity index (χ1n) is 8.15. The molecule has 0 heterocycles. The van der Waals surface area contributed by atoms with E-state index in [-0.39, 0.29) is 5.75 Å². The van der Waals surface area contributed by atoms with E-state index in [1.54, 1.807) is 19.2 Å². The van der Waals surface area contributed by atoms with Crippen molar-refractivity contribution in [1.82, 2.24) is 5.43 Å². The largest absolute Gasteiger partial charge is 0.497 e. The van der Waals surface area contributed by atoms with Crippen LogP contribution in [0.15, 0.2) is 41.5 Å². The van der Waals surface area contributed by atoms with Crippen molar-refractivity contribution in [1.29, 1.82) is 0 Å². The highest BCUT2D eigenvalue weighted by atomic mass is 32.1. The quantitative estimate of drug-likeness (QED) is 0.240. The van der Waals surface area contributed by atoms with Crippen LogP contribution in [0.3, 0.4) is 0 Å². The van der Waals surface area contributed by atoms with Crippen LogP contribution in [-0.2, 0) is 4.79 Å². The lowest BCUT2D eigenvalue weighted by atomic mass is 10.2. The van der Waals surface area contributed by atoms with Crippen LogP contribution in [0.5, 0.6) is 23.0 Å². The first-order valence-corrected chi connectivity index (χ1v) is 8.56. The van der Waals surface area contributed by atoms with E-state index >= 15 is 0 Å². The number of nitrogens with zero attached hydrogens (tertiary/aromatic N) is 1. The van der Waals surface area contributed by atoms with Gasteiger partial charge in [0, 0.05) is 18.2 Å². The minimum Gasteiger partial charge on any atom is -0.497 e. The minimum atomic E-state index is -0.477. The van der Waals surface area contributed by atoms with Gasteiger partial charge in [-0.1, -0.05) is 0 Å². The van der Waals surface area contributed by atoms with Crippen molar-refractivity contribution in [3.05, 3.63) is 42.0 Å². The fraction of sp³-hybridized carbons (Fsp3) is 0.211. The van der Waals surface area contributed by atoms with E-state index < -0.39 is 5.97 Å². The van der Waals surface area contributed by atoms with Crippen molar-refractivity contribution >= 4 is 35.2 Å². The van der Waals surface area contributed by atoms with Gasteiger partial charge in [-0.15, -0.1) is 0 Å². The van der Waals surface area contributed by atoms with Crippen LogP contribution in [0.1, 0.15) is 12.5 Å². The number of benzene rings is 2. The van der Waals surface area contributed by atoms with Crippen LogP contribution in [-0.4, -0.2) is 38.6 Å². The number of rotatable bonds is 7. The molecule has 0 unspecified atom stereocenters. The second kappa shape index (κ2) is 10.1. The van der Waals surface area contributed by atoms with E-state index in [1.807, 2.05) is 24.3 Å². The average molecular weight is 403 g/mol. The molecule has 0 saturated heterocycles. The maximum absolute atomic E-state index is 11.3. The monoisotopic (exact) mass is 403 g/mol. The highest BCUT2D eigenvalue weighted by Gasteiger charge is 2.15. The number of anilines is 1. The zero-order chi connectivity index (χ0) is 20.5. The lowest BCUT2D eigenvalue weighted by Gasteiger charge is -2.13. The predicted molar refractivity (Wildman–Crippen MR) is 111 cm³/mol. The summed E-state index contributed by atoms with van der Waals surface area (Å²) in [6, 6.07) is 10.6. The van der Waals surface area contributed by atoms with Crippen molar-refractivity contribution in [3.63, 3.8) is 0 Å². The molecule has 148 valence electrons. The molecule has 2 aromatic rings. The molecule has 0 spiro atoms. The summed E-state index contributed by atoms with van der Waals surface area (Å²) in [6.07, 6.45) is 1.53. The standard InChI is InChI=1S/C19H21N3O5S/c1-12(23)27-18-16(25-3)9-13(10-17(18)26-4)11-20-22-19(28)21-14-5-7-15(24-2)8-6-14/h5-11H,1-4H3,(H2,21,22,28)/b20-11-. The molecule has 9 heteroatoms. The van der Waals surface area contributed by atoms with E-state index in [1.165, 1.54) is 27.4 Å². The van der Waals surface area contributed by atoms with Gasteiger partial charge in [0.1, 0.15) is 5.75 Å². The normalized spacial score (nSPS) is 10.3. The van der Waals surface area contributed by atoms with Crippen molar-refractivity contribution in [2.75, 3.05) is 26.6 Å². The summed E-state index contributed by atoms with van der Waals surface area (Å²) in [5.41, 5.74) is 4.17. The number of ether oxygens (including phenoxy) is 4. The van der Waals surface area contributed by atoms with E-state index in [4.69, 9.17) is 31.2 Å². The Hall–Kier alpha value is -3.33. The summed E-state index contributed by atoms with van der Waals surface area (Å²) in [7, 11) is 4.54. The smallest absolute Gasteiger partial charge is 0.308 e. The number of methoxy groups -OCH3 is 3. The van der Waals surface area contributed by atoms with Gasteiger partial charge in [-0.2, -0.15) is 5.10 Å². The van der Waals surface area contributed by atoms with Crippen LogP contribution in [0.25, 0.3) is 0 Å². The molecule has 0 aliphatic rings. The number of nitrogens with one attached hydrogen (secondary N) is 2. The molecule has 0 saturated carbocycles. The van der Waals surface area contributed by atoms with Gasteiger partial charge in [0.05, 0.1) is 27.5 Å². The number of carbonyl (C=O) groups excluding carboxylic acids is 1. The third-order valence-electron chi connectivity index (χ3n) is 3.46. The third kappa shape index (κ3) is 5.85. The maximum Gasteiger partial charge on any atom is 0.308 e. The Morgan fingerprint density at radius 1 is 1.04 bits per heavy atom. The molecule has 8 nitrogen and oxygen atoms in total. The summed E-state index contributed by atoms with van der Waals surface area (Å²) < 4.78 is 20.8. The van der Waals surface area contributed by atoms with E-state index in [9.17, 15) is 4.79 Å². The summed E-state index contributed by atoms with van der Waals surface area (Å²) in [5.74, 6) is 1.17. The molecule has 2 rings (SSSR count). The molecule has 0 aliphatic carbocycles. The zero-order valence-electron chi connectivity index (χ0n) is 15.9. The molecule has 0 bridgehead atoms. The molecular weight excluding hydrogens is 382 g/mol. The first kappa shape index (κ1) is 21.0. The maximum atomic E-state index is 11.3. The van der Waals surface area contributed by atoms with Gasteiger partial charge in [0.25, 0.3) is 0 Å². The van der Waals surface area contributed by atoms with Crippen molar-refractivity contribution in [2.24, 2.45) is 5.10 Å². The molecule has 0 aromatic heterocycles. The van der Waals surface area contributed by atoms with Crippen LogP contribution in [0.2, 0.25) is 0 Å². The molecule has 0 radical (unpaired) electrons. The minimum absolute atomic E-state index is 0.208. The molecule has 0 amide bonds. The number of hydrogen-bond donors (Lipinski definition) is 2. The van der Waals surface area contributed by atoms with Crippen LogP contribution < -0.4 is 29.7 Å². The Morgan fingerprint density at radius 2 is 1.64 bits per heavy atom. The second-order valence-electron chi connectivity index (χ2n) is 5.40. The van der Waals surface area contributed by atoms with E-state index in [0.717, 1.165) is 11.4 Å². The molecule has 0 atom stereocenters. The summed E-state index contributed by atoms with van der Waals surface area (Å²) in [5, 5.41) is 7.41. The molecule has 2 N–H and O–H groups in total. The summed E-state index contributed by atoms with van der Waals surface area (Å²) >= 11 is 5.20. The molecule has 0 aliphatic heterocycles. The highest BCUT2D eigenvalue weighted by molar-refractivity contribution is 7.80. The second-order valence-corrected chi connectivity index (χ2v) is 5.81. The van der Waals surface area contributed by atoms with Crippen LogP contribution in [0.4, 0.5) is 5.69 Å². The van der Waals surface area contributed by atoms with Crippen LogP contribution >= 0.6 is 12.2 Å². The lowest BCUT2D eigenvalue weighted by Crippen LogP contribution is -2.23. The van der Waals surface area contributed by atoms with Gasteiger partial charge in [-0.3, -0.25) is 10.2 Å². The SMILES string of the molecule is COc1ccc(NC(=S)N/N=C\c2cc(OC)c(OC(C)=O)c(OC)c2)cc1. The molecular formula is C19H21N3O5S. The number of hydrazone groups is 1. The fourth-order valence-electron chi connectivity index (χ4n) is 2.22. The van der Waals surface area contributed by atoms with Gasteiger partial charge in [0.15, 0.2) is 16.6 Å². The van der Waals surface area contributed by atoms with Gasteiger partial charge < -0.3 is 24.3 Å². The van der Waals surface area contributed by atoms with Crippen molar-refractivity contribution < 1.29 is 23.7 Å². The predicted octanol–water partition coefficient (Wildman–Crippen LogP) is 2.96. The number of thiocarbonyl (C=S) groups is 1. The Bertz CT molecular complexity index is 843. The first-order chi connectivity index (χ1) is 13.5. The summed E-state index contributed by atoms with van der Waals surface area (Å²) in [6.45, 7) is 1.30. The number of hydrogen-bond acceptors (Lipinski definition) is 7. The summed E-state index contributed by atoms with van der Waals surface area (Å²) in [4.78, 5) is 11.3. The topological polar surface area (TPSA) is 90.4 Å². The van der Waals surface area contributed by atoms with Gasteiger partial charge in [0.2, 0.25) is 5.75 Å². The lowest BCUT2D eigenvalue weighted by molar-refractivity contribution is -0.132. The highest BCUT2D eigenvalue weighted by Crippen LogP contribution is 2.38. The Morgan fingerprint density at radius 3 is 2.14 bits per heavy atom. The number of esters is 1.